The molecule has 1 aromatic carbocycles. The van der Waals surface area contributed by atoms with Crippen molar-refractivity contribution in [1.29, 1.82) is 0 Å². The van der Waals surface area contributed by atoms with E-state index in [9.17, 15) is 19.8 Å². The summed E-state index contributed by atoms with van der Waals surface area (Å²) in [5.41, 5.74) is 1.58. The number of nitrogens with zero attached hydrogens (tertiary/aromatic N) is 2. The van der Waals surface area contributed by atoms with Gasteiger partial charge in [0.1, 0.15) is 6.61 Å². The highest BCUT2D eigenvalue weighted by molar-refractivity contribution is 6.06. The number of amides is 2. The van der Waals surface area contributed by atoms with Crippen LogP contribution in [-0.2, 0) is 21.0 Å². The first kappa shape index (κ1) is 21.0. The summed E-state index contributed by atoms with van der Waals surface area (Å²) in [4.78, 5) is 33.2. The molecule has 2 aliphatic carbocycles. The number of aliphatic hydroxyl groups is 2. The topological polar surface area (TPSA) is 99.4 Å². The number of oxime groups is 1. The fourth-order valence-corrected chi connectivity index (χ4v) is 5.23. The summed E-state index contributed by atoms with van der Waals surface area (Å²) in [6.07, 6.45) is -0.614. The highest BCUT2D eigenvalue weighted by atomic mass is 16.6. The SMILES string of the molecule is CC(C)CON=C1C[C@@H](O)[C@@H](O)[C@@H]2[C@H]3C(=O)N(Cc4ccccc4)C(=O)[C@@H]3CC[C@@H]12. The molecule has 0 spiro atoms. The smallest absolute Gasteiger partial charge is 0.233 e. The van der Waals surface area contributed by atoms with Crippen LogP contribution in [0.25, 0.3) is 0 Å². The molecule has 1 aromatic rings. The van der Waals surface area contributed by atoms with Crippen molar-refractivity contribution >= 4 is 17.5 Å². The first-order chi connectivity index (χ1) is 14.4. The van der Waals surface area contributed by atoms with Gasteiger partial charge in [0.05, 0.1) is 36.3 Å². The van der Waals surface area contributed by atoms with Crippen LogP contribution in [-0.4, -0.2) is 51.5 Å². The number of carbonyl (C=O) groups excluding carboxylic acids is 2. The quantitative estimate of drug-likeness (QED) is 0.567. The van der Waals surface area contributed by atoms with Gasteiger partial charge in [0.25, 0.3) is 0 Å². The summed E-state index contributed by atoms with van der Waals surface area (Å²) < 4.78 is 0. The van der Waals surface area contributed by atoms with Crippen molar-refractivity contribution in [2.75, 3.05) is 6.61 Å². The molecule has 0 bridgehead atoms. The Morgan fingerprint density at radius 1 is 1.10 bits per heavy atom. The monoisotopic (exact) mass is 414 g/mol. The lowest BCUT2D eigenvalue weighted by Crippen LogP contribution is -2.54. The Kier molecular flexibility index (Phi) is 5.93. The molecule has 1 heterocycles. The second kappa shape index (κ2) is 8.47. The zero-order valence-corrected chi connectivity index (χ0v) is 17.5. The maximum absolute atomic E-state index is 13.3. The molecule has 2 saturated carbocycles. The lowest BCUT2D eigenvalue weighted by atomic mass is 9.60. The third kappa shape index (κ3) is 3.76. The standard InChI is InChI=1S/C23H30N2O5/c1-13(2)12-30-24-17-10-18(26)21(27)19-15(17)8-9-16-20(19)23(29)25(22(16)28)11-14-6-4-3-5-7-14/h3-7,13,15-16,18-21,26-27H,8-12H2,1-2H3/t15-,16+,18+,19-,20-,21+/m0/s1. The van der Waals surface area contributed by atoms with Gasteiger partial charge in [-0.25, -0.2) is 0 Å². The minimum absolute atomic E-state index is 0.162. The summed E-state index contributed by atoms with van der Waals surface area (Å²) in [7, 11) is 0. The van der Waals surface area contributed by atoms with Crippen LogP contribution in [0.5, 0.6) is 0 Å². The van der Waals surface area contributed by atoms with Crippen molar-refractivity contribution in [1.82, 2.24) is 4.90 Å². The van der Waals surface area contributed by atoms with Crippen LogP contribution in [0, 0.1) is 29.6 Å². The van der Waals surface area contributed by atoms with Crippen molar-refractivity contribution in [3.8, 4) is 0 Å². The van der Waals surface area contributed by atoms with E-state index < -0.39 is 30.0 Å². The maximum Gasteiger partial charge on any atom is 0.233 e. The Balaban J connectivity index is 1.59. The Morgan fingerprint density at radius 3 is 2.50 bits per heavy atom. The van der Waals surface area contributed by atoms with E-state index in [-0.39, 0.29) is 30.7 Å². The highest BCUT2D eigenvalue weighted by Gasteiger charge is 2.59. The second-order valence-corrected chi connectivity index (χ2v) is 9.18. The van der Waals surface area contributed by atoms with E-state index in [4.69, 9.17) is 4.84 Å². The largest absolute Gasteiger partial charge is 0.396 e. The van der Waals surface area contributed by atoms with Gasteiger partial charge < -0.3 is 15.1 Å². The van der Waals surface area contributed by atoms with Crippen LogP contribution >= 0.6 is 0 Å². The van der Waals surface area contributed by atoms with Crippen LogP contribution in [0.1, 0.15) is 38.7 Å². The molecule has 0 unspecified atom stereocenters. The van der Waals surface area contributed by atoms with Gasteiger partial charge >= 0.3 is 0 Å². The average molecular weight is 415 g/mol. The summed E-state index contributed by atoms with van der Waals surface area (Å²) in [5.74, 6) is -1.86. The van der Waals surface area contributed by atoms with E-state index in [1.165, 1.54) is 4.90 Å². The molecule has 7 nitrogen and oxygen atoms in total. The molecule has 6 atom stereocenters. The minimum atomic E-state index is -1.06. The summed E-state index contributed by atoms with van der Waals surface area (Å²) in [6, 6.07) is 9.43. The number of hydrogen-bond acceptors (Lipinski definition) is 6. The van der Waals surface area contributed by atoms with Gasteiger partial charge in [-0.2, -0.15) is 0 Å². The number of carbonyl (C=O) groups is 2. The fraction of sp³-hybridized carbons (Fsp3) is 0.609. The molecule has 0 radical (unpaired) electrons. The van der Waals surface area contributed by atoms with Crippen LogP contribution in [0.4, 0.5) is 0 Å². The Hall–Kier alpha value is -2.25. The van der Waals surface area contributed by atoms with Crippen molar-refractivity contribution in [2.45, 2.75) is 51.9 Å². The van der Waals surface area contributed by atoms with Crippen LogP contribution in [0.15, 0.2) is 35.5 Å². The maximum atomic E-state index is 13.3. The molecule has 162 valence electrons. The van der Waals surface area contributed by atoms with E-state index in [2.05, 4.69) is 5.16 Å². The van der Waals surface area contributed by atoms with Crippen molar-refractivity contribution in [3.05, 3.63) is 35.9 Å². The van der Waals surface area contributed by atoms with E-state index in [1.807, 2.05) is 44.2 Å². The molecule has 4 rings (SSSR count). The highest BCUT2D eigenvalue weighted by Crippen LogP contribution is 2.49. The van der Waals surface area contributed by atoms with Gasteiger partial charge in [-0.15, -0.1) is 0 Å². The second-order valence-electron chi connectivity index (χ2n) is 9.18. The molecule has 7 heteroatoms. The lowest BCUT2D eigenvalue weighted by molar-refractivity contribution is -0.142. The molecule has 3 aliphatic rings. The predicted molar refractivity (Wildman–Crippen MR) is 110 cm³/mol. The van der Waals surface area contributed by atoms with Crippen molar-refractivity contribution < 1.29 is 24.6 Å². The number of imide groups is 1. The van der Waals surface area contributed by atoms with Crippen LogP contribution in [0.3, 0.4) is 0 Å². The molecule has 1 aliphatic heterocycles. The van der Waals surface area contributed by atoms with Crippen LogP contribution in [0.2, 0.25) is 0 Å². The van der Waals surface area contributed by atoms with Gasteiger partial charge in [0, 0.05) is 18.3 Å². The Morgan fingerprint density at radius 2 is 1.80 bits per heavy atom. The van der Waals surface area contributed by atoms with E-state index in [0.29, 0.717) is 31.1 Å². The summed E-state index contributed by atoms with van der Waals surface area (Å²) in [6.45, 7) is 4.75. The molecule has 2 amide bonds. The first-order valence-electron chi connectivity index (χ1n) is 10.8. The minimum Gasteiger partial charge on any atom is -0.396 e. The third-order valence-corrected chi connectivity index (χ3v) is 6.64. The zero-order chi connectivity index (χ0) is 21.4. The predicted octanol–water partition coefficient (Wildman–Crippen LogP) is 1.97. The number of aliphatic hydroxyl groups excluding tert-OH is 2. The summed E-state index contributed by atoms with van der Waals surface area (Å²) in [5, 5.41) is 25.5. The molecular formula is C23H30N2O5. The Bertz CT molecular complexity index is 824. The van der Waals surface area contributed by atoms with E-state index in [1.54, 1.807) is 0 Å². The van der Waals surface area contributed by atoms with Gasteiger partial charge in [-0.05, 0) is 24.3 Å². The molecular weight excluding hydrogens is 384 g/mol. The van der Waals surface area contributed by atoms with Gasteiger partial charge in [-0.3, -0.25) is 14.5 Å². The number of hydrogen-bond donors (Lipinski definition) is 2. The first-order valence-corrected chi connectivity index (χ1v) is 10.8. The van der Waals surface area contributed by atoms with E-state index in [0.717, 1.165) is 5.56 Å². The third-order valence-electron chi connectivity index (χ3n) is 6.64. The van der Waals surface area contributed by atoms with Crippen molar-refractivity contribution in [3.63, 3.8) is 0 Å². The molecule has 0 aromatic heterocycles. The van der Waals surface area contributed by atoms with Gasteiger partial charge in [0.15, 0.2) is 0 Å². The van der Waals surface area contributed by atoms with Crippen molar-refractivity contribution in [2.24, 2.45) is 34.7 Å². The van der Waals surface area contributed by atoms with Crippen LogP contribution < -0.4 is 0 Å². The van der Waals surface area contributed by atoms with Gasteiger partial charge in [-0.1, -0.05) is 49.3 Å². The molecule has 2 N–H and O–H groups in total. The number of benzene rings is 1. The number of fused-ring (bicyclic) bond motifs is 3. The average Bonchev–Trinajstić information content (AvgIpc) is 2.96. The lowest BCUT2D eigenvalue weighted by Gasteiger charge is -2.45. The van der Waals surface area contributed by atoms with Gasteiger partial charge in [0.2, 0.25) is 11.8 Å². The van der Waals surface area contributed by atoms with E-state index >= 15 is 0 Å². The normalized spacial score (nSPS) is 35.0. The summed E-state index contributed by atoms with van der Waals surface area (Å²) >= 11 is 0. The fourth-order valence-electron chi connectivity index (χ4n) is 5.23. The molecule has 30 heavy (non-hydrogen) atoms. The molecule has 3 fully saturated rings. The zero-order valence-electron chi connectivity index (χ0n) is 17.5. The Labute approximate surface area is 176 Å². The number of likely N-dealkylation sites (tertiary alicyclic amines) is 1. The number of rotatable bonds is 5. The molecule has 1 saturated heterocycles.